The number of nitrogens with two attached hydrogens (primary N) is 1. The van der Waals surface area contributed by atoms with Gasteiger partial charge in [0.2, 0.25) is 5.91 Å². The topological polar surface area (TPSA) is 55.6 Å². The van der Waals surface area contributed by atoms with Gasteiger partial charge in [-0.1, -0.05) is 33.3 Å². The standard InChI is InChI=1S/C19H32N2O2/c1-5-7-12-21(6-2)19(22)11-9-16-8-10-18(17(20)13-16)23-14-15(3)4/h8,10,13,15H,5-7,9,11-12,14,20H2,1-4H3. The normalized spacial score (nSPS) is 10.8. The minimum absolute atomic E-state index is 0.222. The summed E-state index contributed by atoms with van der Waals surface area (Å²) in [5.41, 5.74) is 7.78. The number of carbonyl (C=O) groups excluding carboxylic acids is 1. The SMILES string of the molecule is CCCCN(CC)C(=O)CCc1ccc(OCC(C)C)c(N)c1. The Kier molecular flexibility index (Phi) is 8.52. The van der Waals surface area contributed by atoms with Gasteiger partial charge in [-0.3, -0.25) is 4.79 Å². The highest BCUT2D eigenvalue weighted by Gasteiger charge is 2.11. The molecule has 0 aliphatic heterocycles. The van der Waals surface area contributed by atoms with Gasteiger partial charge in [-0.2, -0.15) is 0 Å². The van der Waals surface area contributed by atoms with Gasteiger partial charge in [-0.05, 0) is 43.4 Å². The van der Waals surface area contributed by atoms with Crippen LogP contribution in [0.15, 0.2) is 18.2 Å². The summed E-state index contributed by atoms with van der Waals surface area (Å²) >= 11 is 0. The van der Waals surface area contributed by atoms with Crippen molar-refractivity contribution in [3.05, 3.63) is 23.8 Å². The summed E-state index contributed by atoms with van der Waals surface area (Å²) in [4.78, 5) is 14.2. The maximum Gasteiger partial charge on any atom is 0.222 e. The van der Waals surface area contributed by atoms with Gasteiger partial charge in [0.15, 0.2) is 0 Å². The van der Waals surface area contributed by atoms with Gasteiger partial charge in [0.05, 0.1) is 12.3 Å². The lowest BCUT2D eigenvalue weighted by atomic mass is 10.1. The molecule has 4 nitrogen and oxygen atoms in total. The van der Waals surface area contributed by atoms with Gasteiger partial charge in [-0.25, -0.2) is 0 Å². The maximum absolute atomic E-state index is 12.3. The molecular formula is C19H32N2O2. The van der Waals surface area contributed by atoms with Crippen molar-refractivity contribution in [3.63, 3.8) is 0 Å². The number of rotatable bonds is 10. The second-order valence-corrected chi connectivity index (χ2v) is 6.40. The molecular weight excluding hydrogens is 288 g/mol. The molecule has 0 aromatic heterocycles. The van der Waals surface area contributed by atoms with Crippen LogP contribution in [-0.4, -0.2) is 30.5 Å². The number of nitrogen functional groups attached to an aromatic ring is 1. The van der Waals surface area contributed by atoms with Crippen molar-refractivity contribution >= 4 is 11.6 Å². The van der Waals surface area contributed by atoms with Gasteiger partial charge in [0, 0.05) is 19.5 Å². The van der Waals surface area contributed by atoms with E-state index in [2.05, 4.69) is 20.8 Å². The molecule has 0 atom stereocenters. The van der Waals surface area contributed by atoms with Crippen molar-refractivity contribution in [2.45, 2.75) is 53.4 Å². The predicted molar refractivity (Wildman–Crippen MR) is 96.7 cm³/mol. The Bertz CT molecular complexity index is 486. The zero-order chi connectivity index (χ0) is 17.2. The number of benzene rings is 1. The molecule has 0 fully saturated rings. The summed E-state index contributed by atoms with van der Waals surface area (Å²) in [6, 6.07) is 5.83. The summed E-state index contributed by atoms with van der Waals surface area (Å²) in [5.74, 6) is 1.42. The highest BCUT2D eigenvalue weighted by atomic mass is 16.5. The predicted octanol–water partition coefficient (Wildman–Crippen LogP) is 3.88. The lowest BCUT2D eigenvalue weighted by Crippen LogP contribution is -2.31. The van der Waals surface area contributed by atoms with Crippen molar-refractivity contribution in [2.24, 2.45) is 5.92 Å². The van der Waals surface area contributed by atoms with E-state index in [4.69, 9.17) is 10.5 Å². The van der Waals surface area contributed by atoms with Crippen LogP contribution in [0.1, 0.15) is 52.5 Å². The van der Waals surface area contributed by atoms with Gasteiger partial charge < -0.3 is 15.4 Å². The van der Waals surface area contributed by atoms with Gasteiger partial charge in [0.25, 0.3) is 0 Å². The van der Waals surface area contributed by atoms with Crippen LogP contribution < -0.4 is 10.5 Å². The maximum atomic E-state index is 12.3. The molecule has 0 aliphatic rings. The molecule has 0 radical (unpaired) electrons. The smallest absolute Gasteiger partial charge is 0.222 e. The molecule has 1 aromatic rings. The summed E-state index contributed by atoms with van der Waals surface area (Å²) in [7, 11) is 0. The fraction of sp³-hybridized carbons (Fsp3) is 0.632. The second-order valence-electron chi connectivity index (χ2n) is 6.40. The minimum Gasteiger partial charge on any atom is -0.491 e. The number of hydrogen-bond acceptors (Lipinski definition) is 3. The number of hydrogen-bond donors (Lipinski definition) is 1. The van der Waals surface area contributed by atoms with E-state index >= 15 is 0 Å². The highest BCUT2D eigenvalue weighted by Crippen LogP contribution is 2.23. The molecule has 0 heterocycles. The molecule has 0 bridgehead atoms. The Balaban J connectivity index is 2.54. The number of aryl methyl sites for hydroxylation is 1. The fourth-order valence-corrected chi connectivity index (χ4v) is 2.36. The third-order valence-electron chi connectivity index (χ3n) is 3.79. The molecule has 1 amide bonds. The largest absolute Gasteiger partial charge is 0.491 e. The number of carbonyl (C=O) groups is 1. The lowest BCUT2D eigenvalue weighted by molar-refractivity contribution is -0.131. The van der Waals surface area contributed by atoms with Crippen LogP contribution in [0, 0.1) is 5.92 Å². The molecule has 0 saturated carbocycles. The molecule has 0 spiro atoms. The first-order valence-electron chi connectivity index (χ1n) is 8.76. The van der Waals surface area contributed by atoms with E-state index < -0.39 is 0 Å². The Morgan fingerprint density at radius 3 is 2.61 bits per heavy atom. The molecule has 0 aliphatic carbocycles. The molecule has 4 heteroatoms. The lowest BCUT2D eigenvalue weighted by Gasteiger charge is -2.20. The van der Waals surface area contributed by atoms with Crippen LogP contribution in [0.5, 0.6) is 5.75 Å². The molecule has 1 rings (SSSR count). The van der Waals surface area contributed by atoms with Gasteiger partial charge in [-0.15, -0.1) is 0 Å². The second kappa shape index (κ2) is 10.1. The summed E-state index contributed by atoms with van der Waals surface area (Å²) in [6.07, 6.45) is 3.42. The third-order valence-corrected chi connectivity index (χ3v) is 3.79. The first-order valence-corrected chi connectivity index (χ1v) is 8.76. The van der Waals surface area contributed by atoms with Crippen LogP contribution in [-0.2, 0) is 11.2 Å². The Morgan fingerprint density at radius 1 is 1.30 bits per heavy atom. The van der Waals surface area contributed by atoms with Crippen molar-refractivity contribution in [1.82, 2.24) is 4.90 Å². The van der Waals surface area contributed by atoms with Crippen LogP contribution in [0.25, 0.3) is 0 Å². The first-order chi connectivity index (χ1) is 11.0. The average Bonchev–Trinajstić information content (AvgIpc) is 2.52. The van der Waals surface area contributed by atoms with Crippen molar-refractivity contribution < 1.29 is 9.53 Å². The zero-order valence-electron chi connectivity index (χ0n) is 15.1. The molecule has 1 aromatic carbocycles. The fourth-order valence-electron chi connectivity index (χ4n) is 2.36. The van der Waals surface area contributed by atoms with Gasteiger partial charge >= 0.3 is 0 Å². The minimum atomic E-state index is 0.222. The van der Waals surface area contributed by atoms with E-state index in [1.807, 2.05) is 30.0 Å². The third kappa shape index (κ3) is 6.93. The van der Waals surface area contributed by atoms with E-state index in [1.165, 1.54) is 0 Å². The molecule has 2 N–H and O–H groups in total. The Hall–Kier alpha value is -1.71. The van der Waals surface area contributed by atoms with Crippen molar-refractivity contribution in [1.29, 1.82) is 0 Å². The Labute approximate surface area is 141 Å². The van der Waals surface area contributed by atoms with E-state index in [1.54, 1.807) is 0 Å². The monoisotopic (exact) mass is 320 g/mol. The number of anilines is 1. The van der Waals surface area contributed by atoms with Crippen molar-refractivity contribution in [2.75, 3.05) is 25.4 Å². The van der Waals surface area contributed by atoms with E-state index in [0.717, 1.165) is 43.7 Å². The van der Waals surface area contributed by atoms with Gasteiger partial charge in [0.1, 0.15) is 5.75 Å². The number of amides is 1. The van der Waals surface area contributed by atoms with E-state index in [9.17, 15) is 4.79 Å². The summed E-state index contributed by atoms with van der Waals surface area (Å²) < 4.78 is 5.68. The average molecular weight is 320 g/mol. The van der Waals surface area contributed by atoms with Crippen LogP contribution >= 0.6 is 0 Å². The van der Waals surface area contributed by atoms with Crippen LogP contribution in [0.2, 0.25) is 0 Å². The van der Waals surface area contributed by atoms with Crippen LogP contribution in [0.3, 0.4) is 0 Å². The van der Waals surface area contributed by atoms with E-state index in [0.29, 0.717) is 24.6 Å². The molecule has 0 saturated heterocycles. The number of unbranched alkanes of at least 4 members (excludes halogenated alkanes) is 1. The highest BCUT2D eigenvalue weighted by molar-refractivity contribution is 5.76. The number of nitrogens with zero attached hydrogens (tertiary/aromatic N) is 1. The quantitative estimate of drug-likeness (QED) is 0.666. The first kappa shape index (κ1) is 19.3. The summed E-state index contributed by atoms with van der Waals surface area (Å²) in [5, 5.41) is 0. The van der Waals surface area contributed by atoms with Crippen LogP contribution in [0.4, 0.5) is 5.69 Å². The van der Waals surface area contributed by atoms with Crippen molar-refractivity contribution in [3.8, 4) is 5.75 Å². The molecule has 23 heavy (non-hydrogen) atoms. The Morgan fingerprint density at radius 2 is 2.04 bits per heavy atom. The molecule has 0 unspecified atom stereocenters. The zero-order valence-corrected chi connectivity index (χ0v) is 15.1. The van der Waals surface area contributed by atoms with E-state index in [-0.39, 0.29) is 5.91 Å². The molecule has 130 valence electrons. The summed E-state index contributed by atoms with van der Waals surface area (Å²) in [6.45, 7) is 10.7. The number of ether oxygens (including phenoxy) is 1.